The third-order valence-corrected chi connectivity index (χ3v) is 7.05. The topological polar surface area (TPSA) is 87.7 Å². The molecule has 0 bridgehead atoms. The molecular weight excluding hydrogens is 468 g/mol. The van der Waals surface area contributed by atoms with Crippen molar-refractivity contribution in [2.75, 3.05) is 11.5 Å². The summed E-state index contributed by atoms with van der Waals surface area (Å²) in [5.41, 5.74) is 23.6. The van der Waals surface area contributed by atoms with Gasteiger partial charge in [0.25, 0.3) is 0 Å². The fraction of sp³-hybridized carbons (Fsp3) is 0. The van der Waals surface area contributed by atoms with Crippen LogP contribution in [0, 0.1) is 0 Å². The first-order valence-electron chi connectivity index (χ1n) is 12.4. The van der Waals surface area contributed by atoms with E-state index in [-0.39, 0.29) is 0 Å². The zero-order valence-electron chi connectivity index (χ0n) is 20.5. The summed E-state index contributed by atoms with van der Waals surface area (Å²) in [7, 11) is 0. The Morgan fingerprint density at radius 1 is 0.500 bits per heavy atom. The second kappa shape index (κ2) is 8.64. The fourth-order valence-electron chi connectivity index (χ4n) is 5.33. The van der Waals surface area contributed by atoms with Crippen LogP contribution in [0.25, 0.3) is 55.8 Å². The molecule has 0 amide bonds. The van der Waals surface area contributed by atoms with Gasteiger partial charge >= 0.3 is 0 Å². The smallest absolute Gasteiger partial charge is 0.112 e. The van der Waals surface area contributed by atoms with E-state index in [2.05, 4.69) is 67.6 Å². The number of para-hydroxylation sites is 2. The van der Waals surface area contributed by atoms with Crippen LogP contribution >= 0.6 is 0 Å². The molecule has 0 unspecified atom stereocenters. The summed E-state index contributed by atoms with van der Waals surface area (Å²) in [6.45, 7) is 0. The molecule has 0 aliphatic heterocycles. The first kappa shape index (κ1) is 21.9. The van der Waals surface area contributed by atoms with Crippen LogP contribution in [0.5, 0.6) is 0 Å². The summed E-state index contributed by atoms with van der Waals surface area (Å²) >= 11 is 0. The highest BCUT2D eigenvalue weighted by Crippen LogP contribution is 2.45. The van der Waals surface area contributed by atoms with Gasteiger partial charge in [0, 0.05) is 35.4 Å². The maximum atomic E-state index is 6.95. The maximum Gasteiger partial charge on any atom is 0.112 e. The lowest BCUT2D eigenvalue weighted by Gasteiger charge is -2.16. The monoisotopic (exact) mass is 492 g/mol. The van der Waals surface area contributed by atoms with Gasteiger partial charge in [-0.25, -0.2) is 0 Å². The molecule has 4 N–H and O–H groups in total. The van der Waals surface area contributed by atoms with Crippen LogP contribution in [0.1, 0.15) is 0 Å². The summed E-state index contributed by atoms with van der Waals surface area (Å²) in [5.74, 6) is 0. The average molecular weight is 493 g/mol. The van der Waals surface area contributed by atoms with Crippen molar-refractivity contribution in [3.63, 3.8) is 0 Å². The van der Waals surface area contributed by atoms with Crippen LogP contribution in [-0.2, 0) is 0 Å². The number of hydrogen-bond acceptors (Lipinski definition) is 4. The van der Waals surface area contributed by atoms with Gasteiger partial charge in [-0.15, -0.1) is 0 Å². The van der Waals surface area contributed by atoms with Gasteiger partial charge in [-0.1, -0.05) is 48.5 Å². The van der Waals surface area contributed by atoms with Crippen molar-refractivity contribution in [2.24, 2.45) is 0 Å². The van der Waals surface area contributed by atoms with E-state index < -0.39 is 0 Å². The second-order valence-corrected chi connectivity index (χ2v) is 9.20. The van der Waals surface area contributed by atoms with Gasteiger partial charge in [-0.2, -0.15) is 0 Å². The van der Waals surface area contributed by atoms with Gasteiger partial charge < -0.3 is 20.6 Å². The van der Waals surface area contributed by atoms with Crippen molar-refractivity contribution < 1.29 is 0 Å². The number of anilines is 2. The minimum Gasteiger partial charge on any atom is -0.396 e. The molecule has 7 aromatic rings. The summed E-state index contributed by atoms with van der Waals surface area (Å²) in [4.78, 5) is 8.78. The molecule has 6 heteroatoms. The van der Waals surface area contributed by atoms with Crippen molar-refractivity contribution in [1.29, 1.82) is 0 Å². The normalized spacial score (nSPS) is 11.4. The van der Waals surface area contributed by atoms with Crippen molar-refractivity contribution >= 4 is 33.3 Å². The molecule has 0 saturated heterocycles. The average Bonchev–Trinajstić information content (AvgIpc) is 3.44. The van der Waals surface area contributed by atoms with Crippen LogP contribution in [0.15, 0.2) is 122 Å². The lowest BCUT2D eigenvalue weighted by atomic mass is 10.1. The Kier molecular flexibility index (Phi) is 4.97. The van der Waals surface area contributed by atoms with E-state index in [1.165, 1.54) is 0 Å². The Morgan fingerprint density at radius 3 is 1.89 bits per heavy atom. The molecule has 0 saturated carbocycles. The van der Waals surface area contributed by atoms with E-state index in [4.69, 9.17) is 11.5 Å². The van der Waals surface area contributed by atoms with Crippen LogP contribution in [0.2, 0.25) is 0 Å². The Bertz CT molecular complexity index is 1920. The quantitative estimate of drug-likeness (QED) is 0.281. The Balaban J connectivity index is 1.55. The summed E-state index contributed by atoms with van der Waals surface area (Å²) < 4.78 is 4.36. The standard InChI is InChI=1S/C32H24N6/c33-28-25-9-4-5-10-26(25)37(24-14-12-21(13-15-24)22-16-19-35-20-17-22)31(28)32-29(34)30-27(11-6-18-36-30)38(32)23-7-2-1-3-8-23/h1-20H,33-34H2. The number of benzene rings is 3. The van der Waals surface area contributed by atoms with Crippen LogP contribution < -0.4 is 11.5 Å². The minimum absolute atomic E-state index is 0.591. The zero-order valence-corrected chi connectivity index (χ0v) is 20.5. The molecule has 4 aromatic heterocycles. The molecule has 4 heterocycles. The molecular formula is C32H24N6. The highest BCUT2D eigenvalue weighted by Gasteiger charge is 2.26. The van der Waals surface area contributed by atoms with E-state index in [0.717, 1.165) is 55.8 Å². The molecule has 3 aromatic carbocycles. The zero-order chi connectivity index (χ0) is 25.6. The number of fused-ring (bicyclic) bond motifs is 2. The third kappa shape index (κ3) is 3.28. The molecule has 38 heavy (non-hydrogen) atoms. The maximum absolute atomic E-state index is 6.95. The molecule has 0 aliphatic carbocycles. The van der Waals surface area contributed by atoms with Gasteiger partial charge in [0.15, 0.2) is 0 Å². The van der Waals surface area contributed by atoms with Crippen molar-refractivity contribution in [2.45, 2.75) is 0 Å². The number of nitrogens with zero attached hydrogens (tertiary/aromatic N) is 4. The van der Waals surface area contributed by atoms with Crippen molar-refractivity contribution in [3.8, 4) is 33.9 Å². The summed E-state index contributed by atoms with van der Waals surface area (Å²) in [6, 6.07) is 34.9. The summed E-state index contributed by atoms with van der Waals surface area (Å²) in [5, 5.41) is 0.970. The van der Waals surface area contributed by atoms with E-state index in [1.54, 1.807) is 18.6 Å². The van der Waals surface area contributed by atoms with Gasteiger partial charge in [0.2, 0.25) is 0 Å². The number of pyridine rings is 2. The molecule has 0 radical (unpaired) electrons. The highest BCUT2D eigenvalue weighted by atomic mass is 15.1. The molecule has 7 rings (SSSR count). The van der Waals surface area contributed by atoms with E-state index in [9.17, 15) is 0 Å². The highest BCUT2D eigenvalue weighted by molar-refractivity contribution is 6.08. The Morgan fingerprint density at radius 2 is 1.11 bits per heavy atom. The Hall–Kier alpha value is -5.36. The second-order valence-electron chi connectivity index (χ2n) is 9.20. The van der Waals surface area contributed by atoms with Crippen LogP contribution in [0.3, 0.4) is 0 Å². The number of rotatable bonds is 4. The first-order valence-corrected chi connectivity index (χ1v) is 12.4. The largest absolute Gasteiger partial charge is 0.396 e. The molecule has 182 valence electrons. The van der Waals surface area contributed by atoms with Gasteiger partial charge in [0.05, 0.1) is 33.8 Å². The molecule has 0 fully saturated rings. The van der Waals surface area contributed by atoms with Gasteiger partial charge in [0.1, 0.15) is 5.52 Å². The van der Waals surface area contributed by atoms with E-state index >= 15 is 0 Å². The van der Waals surface area contributed by atoms with Crippen molar-refractivity contribution in [3.05, 3.63) is 122 Å². The lowest BCUT2D eigenvalue weighted by Crippen LogP contribution is -2.05. The predicted octanol–water partition coefficient (Wildman–Crippen LogP) is 6.86. The van der Waals surface area contributed by atoms with Crippen LogP contribution in [0.4, 0.5) is 11.4 Å². The first-order chi connectivity index (χ1) is 18.7. The number of nitrogen functional groups attached to an aromatic ring is 2. The summed E-state index contributed by atoms with van der Waals surface area (Å²) in [6.07, 6.45) is 5.38. The van der Waals surface area contributed by atoms with E-state index in [0.29, 0.717) is 11.4 Å². The SMILES string of the molecule is Nc1c(-c2c(N)c3ncccc3n2-c2ccccc2)n(-c2ccc(-c3ccncc3)cc2)c2ccccc12. The van der Waals surface area contributed by atoms with Crippen molar-refractivity contribution in [1.82, 2.24) is 19.1 Å². The number of nitrogens with two attached hydrogens (primary N) is 2. The molecule has 0 spiro atoms. The lowest BCUT2D eigenvalue weighted by molar-refractivity contribution is 1.07. The minimum atomic E-state index is 0.591. The third-order valence-electron chi connectivity index (χ3n) is 7.05. The predicted molar refractivity (Wildman–Crippen MR) is 155 cm³/mol. The Labute approximate surface area is 219 Å². The fourth-order valence-corrected chi connectivity index (χ4v) is 5.33. The molecule has 0 aliphatic rings. The van der Waals surface area contributed by atoms with Crippen LogP contribution in [-0.4, -0.2) is 19.1 Å². The molecule has 0 atom stereocenters. The van der Waals surface area contributed by atoms with Gasteiger partial charge in [-0.3, -0.25) is 9.97 Å². The van der Waals surface area contributed by atoms with Gasteiger partial charge in [-0.05, 0) is 65.7 Å². The van der Waals surface area contributed by atoms with E-state index in [1.807, 2.05) is 54.6 Å². The number of hydrogen-bond donors (Lipinski definition) is 2. The molecule has 6 nitrogen and oxygen atoms in total. The number of aromatic nitrogens is 4.